The molecular formula is C10H20N2O2. The molecule has 1 aliphatic rings. The van der Waals surface area contributed by atoms with Crippen LogP contribution in [0.2, 0.25) is 0 Å². The van der Waals surface area contributed by atoms with Gasteiger partial charge in [-0.3, -0.25) is 4.79 Å². The van der Waals surface area contributed by atoms with Crippen molar-refractivity contribution in [3.05, 3.63) is 0 Å². The molecule has 14 heavy (non-hydrogen) atoms. The molecule has 0 saturated carbocycles. The number of nitrogens with two attached hydrogens (primary N) is 1. The summed E-state index contributed by atoms with van der Waals surface area (Å²) in [5.41, 5.74) is 5.10. The van der Waals surface area contributed by atoms with Crippen molar-refractivity contribution in [3.63, 3.8) is 0 Å². The third kappa shape index (κ3) is 2.07. The Morgan fingerprint density at radius 1 is 1.71 bits per heavy atom. The highest BCUT2D eigenvalue weighted by Gasteiger charge is 2.36. The lowest BCUT2D eigenvalue weighted by atomic mass is 9.98. The summed E-state index contributed by atoms with van der Waals surface area (Å²) >= 11 is 0. The number of carbonyl (C=O) groups is 1. The molecule has 2 atom stereocenters. The van der Waals surface area contributed by atoms with Crippen molar-refractivity contribution in [2.75, 3.05) is 13.2 Å². The first kappa shape index (κ1) is 11.5. The number of aliphatic hydroxyl groups is 1. The molecule has 1 saturated heterocycles. The summed E-state index contributed by atoms with van der Waals surface area (Å²) in [7, 11) is 0. The molecule has 0 radical (unpaired) electrons. The van der Waals surface area contributed by atoms with Crippen LogP contribution in [0, 0.1) is 0 Å². The Bertz CT molecular complexity index is 216. The molecule has 4 heteroatoms. The van der Waals surface area contributed by atoms with Gasteiger partial charge in [0.05, 0.1) is 18.2 Å². The van der Waals surface area contributed by atoms with E-state index in [1.54, 1.807) is 11.8 Å². The van der Waals surface area contributed by atoms with E-state index in [-0.39, 0.29) is 18.6 Å². The third-order valence-corrected chi connectivity index (χ3v) is 3.07. The Hall–Kier alpha value is -0.610. The molecular weight excluding hydrogens is 180 g/mol. The topological polar surface area (TPSA) is 66.6 Å². The van der Waals surface area contributed by atoms with Gasteiger partial charge in [0, 0.05) is 6.54 Å². The molecule has 3 N–H and O–H groups in total. The van der Waals surface area contributed by atoms with E-state index in [0.717, 1.165) is 19.4 Å². The van der Waals surface area contributed by atoms with E-state index in [4.69, 9.17) is 10.8 Å². The summed E-state index contributed by atoms with van der Waals surface area (Å²) in [6.45, 7) is 4.44. The minimum atomic E-state index is -0.780. The van der Waals surface area contributed by atoms with E-state index in [9.17, 15) is 4.79 Å². The number of carbonyl (C=O) groups excluding carboxylic acids is 1. The first-order valence-electron chi connectivity index (χ1n) is 5.23. The van der Waals surface area contributed by atoms with E-state index in [1.165, 1.54) is 0 Å². The maximum atomic E-state index is 12.0. The number of rotatable bonds is 3. The van der Waals surface area contributed by atoms with Crippen molar-refractivity contribution in [2.24, 2.45) is 5.73 Å². The first-order valence-corrected chi connectivity index (χ1v) is 5.23. The molecule has 0 bridgehead atoms. The quantitative estimate of drug-likeness (QED) is 0.679. The van der Waals surface area contributed by atoms with Crippen LogP contribution in [-0.2, 0) is 4.79 Å². The molecule has 82 valence electrons. The van der Waals surface area contributed by atoms with E-state index in [1.807, 2.05) is 6.92 Å². The molecule has 1 unspecified atom stereocenters. The van der Waals surface area contributed by atoms with Crippen molar-refractivity contribution in [2.45, 2.75) is 44.7 Å². The molecule has 0 aromatic rings. The zero-order valence-electron chi connectivity index (χ0n) is 8.99. The summed E-state index contributed by atoms with van der Waals surface area (Å²) in [6.07, 6.45) is 2.49. The Labute approximate surface area is 85.1 Å². The van der Waals surface area contributed by atoms with Gasteiger partial charge >= 0.3 is 0 Å². The second kappa shape index (κ2) is 4.28. The van der Waals surface area contributed by atoms with Crippen molar-refractivity contribution in [3.8, 4) is 0 Å². The Balaban J connectivity index is 2.69. The fourth-order valence-electron chi connectivity index (χ4n) is 1.77. The van der Waals surface area contributed by atoms with Crippen LogP contribution in [0.25, 0.3) is 0 Å². The third-order valence-electron chi connectivity index (χ3n) is 3.07. The van der Waals surface area contributed by atoms with Crippen LogP contribution in [0.1, 0.15) is 33.1 Å². The van der Waals surface area contributed by atoms with E-state index < -0.39 is 5.54 Å². The Morgan fingerprint density at radius 3 is 2.86 bits per heavy atom. The van der Waals surface area contributed by atoms with Crippen molar-refractivity contribution < 1.29 is 9.90 Å². The Morgan fingerprint density at radius 2 is 2.36 bits per heavy atom. The van der Waals surface area contributed by atoms with Crippen LogP contribution < -0.4 is 5.73 Å². The number of amides is 1. The second-order valence-corrected chi connectivity index (χ2v) is 4.25. The first-order chi connectivity index (χ1) is 6.53. The largest absolute Gasteiger partial charge is 0.394 e. The van der Waals surface area contributed by atoms with Crippen molar-refractivity contribution >= 4 is 5.91 Å². The molecule has 0 aliphatic carbocycles. The molecule has 0 spiro atoms. The molecule has 0 aromatic carbocycles. The van der Waals surface area contributed by atoms with E-state index >= 15 is 0 Å². The van der Waals surface area contributed by atoms with Crippen molar-refractivity contribution in [1.29, 1.82) is 0 Å². The standard InChI is InChI=1S/C10H20N2O2/c1-3-10(2,11)9(14)12-6-4-5-8(12)7-13/h8,13H,3-7,11H2,1-2H3/t8-,10?/m0/s1. The lowest BCUT2D eigenvalue weighted by Crippen LogP contribution is -2.54. The summed E-state index contributed by atoms with van der Waals surface area (Å²) in [4.78, 5) is 13.7. The maximum Gasteiger partial charge on any atom is 0.242 e. The van der Waals surface area contributed by atoms with Crippen LogP contribution in [0.5, 0.6) is 0 Å². The normalized spacial score (nSPS) is 26.3. The van der Waals surface area contributed by atoms with Crippen LogP contribution in [0.3, 0.4) is 0 Å². The molecule has 4 nitrogen and oxygen atoms in total. The Kier molecular flexibility index (Phi) is 3.50. The molecule has 0 aromatic heterocycles. The van der Waals surface area contributed by atoms with Gasteiger partial charge in [0.25, 0.3) is 0 Å². The summed E-state index contributed by atoms with van der Waals surface area (Å²) in [5, 5.41) is 9.09. The lowest BCUT2D eigenvalue weighted by Gasteiger charge is -2.31. The van der Waals surface area contributed by atoms with Crippen molar-refractivity contribution in [1.82, 2.24) is 4.90 Å². The number of likely N-dealkylation sites (tertiary alicyclic amines) is 1. The number of aliphatic hydroxyl groups excluding tert-OH is 1. The summed E-state index contributed by atoms with van der Waals surface area (Å²) in [5.74, 6) is -0.0310. The highest BCUT2D eigenvalue weighted by molar-refractivity contribution is 5.86. The molecule has 1 fully saturated rings. The lowest BCUT2D eigenvalue weighted by molar-refractivity contribution is -0.138. The predicted octanol–water partition coefficient (Wildman–Crippen LogP) is 0.0971. The smallest absolute Gasteiger partial charge is 0.242 e. The minimum Gasteiger partial charge on any atom is -0.394 e. The van der Waals surface area contributed by atoms with Gasteiger partial charge in [0.2, 0.25) is 5.91 Å². The van der Waals surface area contributed by atoms with Gasteiger partial charge in [-0.15, -0.1) is 0 Å². The zero-order chi connectivity index (χ0) is 10.8. The zero-order valence-corrected chi connectivity index (χ0v) is 8.99. The highest BCUT2D eigenvalue weighted by Crippen LogP contribution is 2.21. The van der Waals surface area contributed by atoms with Gasteiger partial charge in [-0.25, -0.2) is 0 Å². The van der Waals surface area contributed by atoms with Gasteiger partial charge in [0.1, 0.15) is 0 Å². The van der Waals surface area contributed by atoms with Gasteiger partial charge in [-0.2, -0.15) is 0 Å². The fourth-order valence-corrected chi connectivity index (χ4v) is 1.77. The van der Waals surface area contributed by atoms with Gasteiger partial charge in [-0.05, 0) is 26.2 Å². The average molecular weight is 200 g/mol. The second-order valence-electron chi connectivity index (χ2n) is 4.25. The average Bonchev–Trinajstić information content (AvgIpc) is 2.64. The van der Waals surface area contributed by atoms with Gasteiger partial charge in [-0.1, -0.05) is 6.92 Å². The van der Waals surface area contributed by atoms with Gasteiger partial charge < -0.3 is 15.7 Å². The number of hydrogen-bond donors (Lipinski definition) is 2. The fraction of sp³-hybridized carbons (Fsp3) is 0.900. The van der Waals surface area contributed by atoms with Crippen LogP contribution >= 0.6 is 0 Å². The number of nitrogens with zero attached hydrogens (tertiary/aromatic N) is 1. The SMILES string of the molecule is CCC(C)(N)C(=O)N1CCC[C@H]1CO. The van der Waals surface area contributed by atoms with Crippen LogP contribution in [0.4, 0.5) is 0 Å². The minimum absolute atomic E-state index is 0.0167. The predicted molar refractivity (Wildman–Crippen MR) is 54.7 cm³/mol. The highest BCUT2D eigenvalue weighted by atomic mass is 16.3. The van der Waals surface area contributed by atoms with Gasteiger partial charge in [0.15, 0.2) is 0 Å². The van der Waals surface area contributed by atoms with E-state index in [2.05, 4.69) is 0 Å². The molecule has 1 rings (SSSR count). The summed E-state index contributed by atoms with van der Waals surface area (Å²) < 4.78 is 0. The van der Waals surface area contributed by atoms with Crippen LogP contribution in [-0.4, -0.2) is 40.6 Å². The van der Waals surface area contributed by atoms with Crippen LogP contribution in [0.15, 0.2) is 0 Å². The molecule has 1 amide bonds. The molecule has 1 aliphatic heterocycles. The maximum absolute atomic E-state index is 12.0. The number of hydrogen-bond acceptors (Lipinski definition) is 3. The van der Waals surface area contributed by atoms with E-state index in [0.29, 0.717) is 6.42 Å². The molecule has 1 heterocycles. The summed E-state index contributed by atoms with van der Waals surface area (Å²) in [6, 6.07) is -0.0167. The monoisotopic (exact) mass is 200 g/mol.